The van der Waals surface area contributed by atoms with Crippen molar-refractivity contribution in [2.75, 3.05) is 13.1 Å². The van der Waals surface area contributed by atoms with Gasteiger partial charge < -0.3 is 18.6 Å². The van der Waals surface area contributed by atoms with Crippen LogP contribution in [-0.2, 0) is 17.9 Å². The predicted octanol–water partition coefficient (Wildman–Crippen LogP) is 4.02. The molecule has 1 aliphatic rings. The molecule has 1 aliphatic heterocycles. The number of hydrogen-bond acceptors (Lipinski definition) is 5. The maximum absolute atomic E-state index is 13.3. The Morgan fingerprint density at radius 3 is 2.82 bits per heavy atom. The number of piperidine rings is 1. The second-order valence-corrected chi connectivity index (χ2v) is 7.99. The molecule has 0 saturated carbocycles. The van der Waals surface area contributed by atoms with Crippen molar-refractivity contribution < 1.29 is 18.4 Å². The van der Waals surface area contributed by atoms with Crippen LogP contribution in [0, 0.1) is 5.92 Å². The Bertz CT molecular complexity index is 851. The van der Waals surface area contributed by atoms with Crippen LogP contribution in [0.15, 0.2) is 63.3 Å². The van der Waals surface area contributed by atoms with Crippen molar-refractivity contribution in [1.82, 2.24) is 9.80 Å². The third kappa shape index (κ3) is 4.20. The first-order valence-electron chi connectivity index (χ1n) is 9.36. The van der Waals surface area contributed by atoms with E-state index in [1.165, 1.54) is 12.5 Å². The van der Waals surface area contributed by atoms with E-state index in [9.17, 15) is 9.59 Å². The first kappa shape index (κ1) is 18.6. The van der Waals surface area contributed by atoms with Gasteiger partial charge in [0.15, 0.2) is 0 Å². The summed E-state index contributed by atoms with van der Waals surface area (Å²) in [5.41, 5.74) is 0.527. The molecule has 2 amide bonds. The average molecular weight is 398 g/mol. The highest BCUT2D eigenvalue weighted by molar-refractivity contribution is 7.09. The monoisotopic (exact) mass is 398 g/mol. The topological polar surface area (TPSA) is 66.9 Å². The SMILES string of the molecule is O=C(c1ccoc1)N1CCC[C@@H](C(=O)N(Cc2ccco2)Cc2cccs2)C1. The fourth-order valence-electron chi connectivity index (χ4n) is 3.58. The first-order valence-corrected chi connectivity index (χ1v) is 10.2. The van der Waals surface area contributed by atoms with Gasteiger partial charge in [-0.1, -0.05) is 6.07 Å². The van der Waals surface area contributed by atoms with Crippen LogP contribution in [-0.4, -0.2) is 34.7 Å². The summed E-state index contributed by atoms with van der Waals surface area (Å²) in [6, 6.07) is 9.39. The molecule has 1 atom stereocenters. The Labute approximate surface area is 167 Å². The lowest BCUT2D eigenvalue weighted by Crippen LogP contribution is -2.46. The van der Waals surface area contributed by atoms with E-state index >= 15 is 0 Å². The summed E-state index contributed by atoms with van der Waals surface area (Å²) >= 11 is 1.63. The van der Waals surface area contributed by atoms with E-state index in [1.54, 1.807) is 28.6 Å². The molecule has 0 unspecified atom stereocenters. The van der Waals surface area contributed by atoms with Crippen molar-refractivity contribution in [2.24, 2.45) is 5.92 Å². The average Bonchev–Trinajstić information content (AvgIpc) is 3.50. The van der Waals surface area contributed by atoms with Gasteiger partial charge in [-0.3, -0.25) is 9.59 Å². The molecule has 4 rings (SSSR count). The van der Waals surface area contributed by atoms with Crippen LogP contribution in [0.3, 0.4) is 0 Å². The fourth-order valence-corrected chi connectivity index (χ4v) is 4.30. The molecule has 6 nitrogen and oxygen atoms in total. The molecule has 146 valence electrons. The number of amides is 2. The normalized spacial score (nSPS) is 16.9. The quantitative estimate of drug-likeness (QED) is 0.629. The molecule has 4 heterocycles. The van der Waals surface area contributed by atoms with E-state index in [4.69, 9.17) is 8.83 Å². The zero-order valence-electron chi connectivity index (χ0n) is 15.5. The largest absolute Gasteiger partial charge is 0.472 e. The Balaban J connectivity index is 1.47. The van der Waals surface area contributed by atoms with Crippen molar-refractivity contribution in [1.29, 1.82) is 0 Å². The molecule has 3 aromatic heterocycles. The summed E-state index contributed by atoms with van der Waals surface area (Å²) in [5.74, 6) is 0.531. The van der Waals surface area contributed by atoms with Crippen molar-refractivity contribution in [3.63, 3.8) is 0 Å². The Hall–Kier alpha value is -2.80. The zero-order valence-corrected chi connectivity index (χ0v) is 16.3. The van der Waals surface area contributed by atoms with Gasteiger partial charge in [-0.15, -0.1) is 11.3 Å². The van der Waals surface area contributed by atoms with Gasteiger partial charge in [0.1, 0.15) is 12.0 Å². The van der Waals surface area contributed by atoms with Crippen molar-refractivity contribution in [3.05, 3.63) is 70.7 Å². The molecular formula is C21H22N2O4S. The minimum atomic E-state index is -0.209. The number of rotatable bonds is 6. The van der Waals surface area contributed by atoms with E-state index in [1.807, 2.05) is 34.5 Å². The van der Waals surface area contributed by atoms with Gasteiger partial charge in [-0.25, -0.2) is 0 Å². The minimum absolute atomic E-state index is 0.0643. The smallest absolute Gasteiger partial charge is 0.257 e. The number of carbonyl (C=O) groups excluding carboxylic acids is 2. The molecule has 0 aliphatic carbocycles. The van der Waals surface area contributed by atoms with Crippen molar-refractivity contribution in [2.45, 2.75) is 25.9 Å². The number of carbonyl (C=O) groups is 2. The number of likely N-dealkylation sites (tertiary alicyclic amines) is 1. The number of nitrogens with zero attached hydrogens (tertiary/aromatic N) is 2. The molecule has 0 radical (unpaired) electrons. The lowest BCUT2D eigenvalue weighted by Gasteiger charge is -2.34. The van der Waals surface area contributed by atoms with E-state index in [-0.39, 0.29) is 17.7 Å². The van der Waals surface area contributed by atoms with Crippen LogP contribution in [0.1, 0.15) is 33.8 Å². The number of hydrogen-bond donors (Lipinski definition) is 0. The van der Waals surface area contributed by atoms with Crippen molar-refractivity contribution >= 4 is 23.2 Å². The minimum Gasteiger partial charge on any atom is -0.472 e. The van der Waals surface area contributed by atoms with E-state index in [2.05, 4.69) is 0 Å². The molecule has 1 saturated heterocycles. The highest BCUT2D eigenvalue weighted by Gasteiger charge is 2.32. The summed E-state index contributed by atoms with van der Waals surface area (Å²) in [5, 5.41) is 2.01. The van der Waals surface area contributed by atoms with Gasteiger partial charge >= 0.3 is 0 Å². The summed E-state index contributed by atoms with van der Waals surface area (Å²) in [7, 11) is 0. The molecule has 3 aromatic rings. The second kappa shape index (κ2) is 8.48. The van der Waals surface area contributed by atoms with Gasteiger partial charge in [0.25, 0.3) is 5.91 Å². The summed E-state index contributed by atoms with van der Waals surface area (Å²) < 4.78 is 10.5. The molecule has 0 bridgehead atoms. The summed E-state index contributed by atoms with van der Waals surface area (Å²) in [6.45, 7) is 2.07. The highest BCUT2D eigenvalue weighted by atomic mass is 32.1. The summed E-state index contributed by atoms with van der Waals surface area (Å²) in [4.78, 5) is 30.7. The molecule has 0 aromatic carbocycles. The van der Waals surface area contributed by atoms with Crippen LogP contribution in [0.2, 0.25) is 0 Å². The molecule has 7 heteroatoms. The van der Waals surface area contributed by atoms with Gasteiger partial charge in [0.2, 0.25) is 5.91 Å². The molecular weight excluding hydrogens is 376 g/mol. The van der Waals surface area contributed by atoms with E-state index in [0.29, 0.717) is 31.7 Å². The number of thiophene rings is 1. The van der Waals surface area contributed by atoms with Crippen LogP contribution in [0.4, 0.5) is 0 Å². The Morgan fingerprint density at radius 1 is 1.18 bits per heavy atom. The first-order chi connectivity index (χ1) is 13.7. The fraction of sp³-hybridized carbons (Fsp3) is 0.333. The van der Waals surface area contributed by atoms with Crippen LogP contribution in [0.25, 0.3) is 0 Å². The standard InChI is InChI=1S/C21H22N2O4S/c24-20(16-4-1-8-22(12-16)21(25)17-7-10-26-15-17)23(13-18-5-2-9-27-18)14-19-6-3-11-28-19/h2-3,5-7,9-11,15-16H,1,4,8,12-14H2/t16-/m1/s1. The summed E-state index contributed by atoms with van der Waals surface area (Å²) in [6.07, 6.45) is 6.16. The molecule has 28 heavy (non-hydrogen) atoms. The van der Waals surface area contributed by atoms with E-state index < -0.39 is 0 Å². The van der Waals surface area contributed by atoms with E-state index in [0.717, 1.165) is 23.5 Å². The molecule has 0 spiro atoms. The third-order valence-electron chi connectivity index (χ3n) is 4.99. The molecule has 1 fully saturated rings. The lowest BCUT2D eigenvalue weighted by atomic mass is 9.96. The van der Waals surface area contributed by atoms with Crippen LogP contribution in [0.5, 0.6) is 0 Å². The second-order valence-electron chi connectivity index (χ2n) is 6.96. The van der Waals surface area contributed by atoms with Gasteiger partial charge in [-0.2, -0.15) is 0 Å². The maximum Gasteiger partial charge on any atom is 0.257 e. The Morgan fingerprint density at radius 2 is 2.11 bits per heavy atom. The highest BCUT2D eigenvalue weighted by Crippen LogP contribution is 2.24. The van der Waals surface area contributed by atoms with Crippen LogP contribution < -0.4 is 0 Å². The third-order valence-corrected chi connectivity index (χ3v) is 5.85. The molecule has 0 N–H and O–H groups in total. The van der Waals surface area contributed by atoms with Crippen LogP contribution >= 0.6 is 11.3 Å². The zero-order chi connectivity index (χ0) is 19.3. The van der Waals surface area contributed by atoms with Crippen molar-refractivity contribution in [3.8, 4) is 0 Å². The van der Waals surface area contributed by atoms with Gasteiger partial charge in [0, 0.05) is 18.0 Å². The van der Waals surface area contributed by atoms with Gasteiger partial charge in [0.05, 0.1) is 37.1 Å². The maximum atomic E-state index is 13.3. The predicted molar refractivity (Wildman–Crippen MR) is 105 cm³/mol. The van der Waals surface area contributed by atoms with Gasteiger partial charge in [-0.05, 0) is 42.5 Å². The number of furan rings is 2. The lowest BCUT2D eigenvalue weighted by molar-refractivity contribution is -0.138. The Kier molecular flexibility index (Phi) is 5.62.